The van der Waals surface area contributed by atoms with Crippen molar-refractivity contribution in [3.05, 3.63) is 197 Å². The van der Waals surface area contributed by atoms with Gasteiger partial charge in [0.1, 0.15) is 5.78 Å². The number of carbonyl (C=O) groups is 1. The van der Waals surface area contributed by atoms with Crippen LogP contribution >= 0.6 is 0 Å². The van der Waals surface area contributed by atoms with E-state index < -0.39 is 0 Å². The Morgan fingerprint density at radius 3 is 1.17 bits per heavy atom. The summed E-state index contributed by atoms with van der Waals surface area (Å²) in [5.41, 5.74) is 14.6. The number of fused-ring (bicyclic) bond motifs is 6. The molecule has 13 heterocycles. The lowest BCUT2D eigenvalue weighted by Crippen LogP contribution is -2.55. The first-order valence-electron chi connectivity index (χ1n) is 42.6. The molecule has 10 aliphatic heterocycles. The quantitative estimate of drug-likeness (QED) is 0.165. The second-order valence-electron chi connectivity index (χ2n) is 39.5. The molecular weight excluding hydrogens is 1320 g/mol. The number of Topliss-reactive ketones (excluding diaryl/α,β-unsaturated/α-hetero) is 1. The lowest BCUT2D eigenvalue weighted by Gasteiger charge is -2.55. The van der Waals surface area contributed by atoms with Crippen LogP contribution < -0.4 is 0 Å². The van der Waals surface area contributed by atoms with Gasteiger partial charge in [0, 0.05) is 102 Å². The van der Waals surface area contributed by atoms with E-state index in [9.17, 15) is 4.79 Å². The predicted octanol–water partition coefficient (Wildman–Crippen LogP) is 19.2. The van der Waals surface area contributed by atoms with Crippen molar-refractivity contribution < 1.29 is 28.5 Å². The van der Waals surface area contributed by atoms with Gasteiger partial charge in [-0.25, -0.2) is 0 Å². The maximum absolute atomic E-state index is 12.4. The number of ether oxygens (including phenoxy) is 5. The van der Waals surface area contributed by atoms with Gasteiger partial charge in [-0.1, -0.05) is 93.6 Å². The second-order valence-corrected chi connectivity index (χ2v) is 39.5. The highest BCUT2D eigenvalue weighted by atomic mass is 16.5. The zero-order valence-corrected chi connectivity index (χ0v) is 63.7. The van der Waals surface area contributed by atoms with Crippen molar-refractivity contribution in [2.45, 2.75) is 251 Å². The molecule has 11 heteroatoms. The lowest BCUT2D eigenvalue weighted by atomic mass is 9.58. The Kier molecular flexibility index (Phi) is 14.6. The van der Waals surface area contributed by atoms with Crippen LogP contribution in [0.2, 0.25) is 0 Å². The average Bonchev–Trinajstić information content (AvgIpc) is 1.54. The fourth-order valence-electron chi connectivity index (χ4n) is 29.0. The second kappa shape index (κ2) is 23.4. The third-order valence-corrected chi connectivity index (χ3v) is 34.6. The molecule has 13 fully saturated rings. The molecule has 9 aliphatic carbocycles. The highest BCUT2D eigenvalue weighted by Crippen LogP contribution is 2.74. The number of carbonyl (C=O) groups excluding carboxylic acids is 1. The summed E-state index contributed by atoms with van der Waals surface area (Å²) in [6.45, 7) is 16.6. The summed E-state index contributed by atoms with van der Waals surface area (Å²) >= 11 is 0. The summed E-state index contributed by atoms with van der Waals surface area (Å²) in [4.78, 5) is 31.2. The molecule has 6 bridgehead atoms. The predicted molar refractivity (Wildman–Crippen MR) is 419 cm³/mol. The molecule has 19 aliphatic rings. The van der Waals surface area contributed by atoms with Gasteiger partial charge >= 0.3 is 0 Å². The summed E-state index contributed by atoms with van der Waals surface area (Å²) < 4.78 is 33.6. The molecule has 8 spiro atoms. The number of rotatable bonds is 5. The van der Waals surface area contributed by atoms with E-state index in [1.54, 1.807) is 11.1 Å². The Morgan fingerprint density at radius 2 is 0.785 bits per heavy atom. The monoisotopic (exact) mass is 1430 g/mol. The third kappa shape index (κ3) is 9.55. The molecule has 3 aromatic carbocycles. The van der Waals surface area contributed by atoms with Crippen molar-refractivity contribution in [2.24, 2.45) is 44.8 Å². The SMILES string of the molecule is C[C@]12CC=C3C=C4CCC(=O)C[C@]45CC[C@]3(O5)[C@@H]1CC[C@@H]2c1ccc2ccncc2c1.C[C@]12CC=C3C=C4CC[C@@H](N5CCC6(COC6)C5)C[C@]45CC[C@]3(O5)[C@@H]1CC[C@@H]2c1ccc2ccncc2c1.C[C@]12CC=C3C=C4CC[C@H](N5CCC6(COC6)C5)C[C@]45CC[C@]3(O5)[C@@H]1CC[C@@H]2c1ccc2ccncc2c1. The van der Waals surface area contributed by atoms with Crippen LogP contribution in [0, 0.1) is 44.8 Å². The molecule has 25 rings (SSSR count). The zero-order chi connectivity index (χ0) is 71.2. The van der Waals surface area contributed by atoms with Crippen LogP contribution in [0.4, 0.5) is 0 Å². The van der Waals surface area contributed by atoms with Crippen LogP contribution in [-0.2, 0) is 28.5 Å². The smallest absolute Gasteiger partial charge is 0.136 e. The standard InChI is InChI=1S/2C34H40N2O2.C28H29NO2/c2*1-31-10-8-27-17-26-4-5-28(36-15-13-32(20-36)21-37-22-32)18-33(26)11-12-34(27,38-33)30(31)7-6-29(31)24-3-2-23-9-14-35-19-25(23)16-24;1-26-10-8-22-15-21-4-5-23(30)16-27(21)11-12-28(22,31-27)25(26)7-6-24(26)19-3-2-18-9-13-29-17-20(18)14-19/h2*2-3,8-9,14,16-17,19,28-30H,4-7,10-13,15,18,20-22H2,1H3;2-3,8-9,13-15,17,24-25H,4-7,10-12,16H2,1H3/t28-,29+,30+,31+,33+,34+;28-,29-,30-,31-,33-,34-;24-,25-,26-,27-,28-/m011/s1. The van der Waals surface area contributed by atoms with E-state index in [1.807, 2.05) is 37.2 Å². The van der Waals surface area contributed by atoms with Crippen molar-refractivity contribution in [1.29, 1.82) is 0 Å². The van der Waals surface area contributed by atoms with Crippen molar-refractivity contribution >= 4 is 38.1 Å². The molecule has 0 unspecified atom stereocenters. The molecular formula is C96H109N5O6. The normalized spacial score (nSPS) is 42.2. The van der Waals surface area contributed by atoms with Gasteiger partial charge in [0.25, 0.3) is 0 Å². The van der Waals surface area contributed by atoms with E-state index in [-0.39, 0.29) is 49.9 Å². The van der Waals surface area contributed by atoms with Gasteiger partial charge in [-0.2, -0.15) is 0 Å². The number of pyridine rings is 3. The Hall–Kier alpha value is -6.28. The Morgan fingerprint density at radius 1 is 0.402 bits per heavy atom. The number of ketones is 1. The molecule has 0 radical (unpaired) electrons. The molecule has 0 N–H and O–H groups in total. The Labute approximate surface area is 632 Å². The lowest BCUT2D eigenvalue weighted by molar-refractivity contribution is -0.146. The van der Waals surface area contributed by atoms with Gasteiger partial charge in [0.15, 0.2) is 0 Å². The minimum atomic E-state index is -0.294. The highest BCUT2D eigenvalue weighted by Gasteiger charge is 2.71. The van der Waals surface area contributed by atoms with Crippen molar-refractivity contribution in [3.8, 4) is 0 Å². The summed E-state index contributed by atoms with van der Waals surface area (Å²) in [6.07, 6.45) is 57.3. The number of benzene rings is 3. The molecule has 6 saturated carbocycles. The van der Waals surface area contributed by atoms with E-state index in [2.05, 4.69) is 155 Å². The summed E-state index contributed by atoms with van der Waals surface area (Å²) in [6, 6.07) is 28.9. The van der Waals surface area contributed by atoms with Gasteiger partial charge < -0.3 is 23.7 Å². The first-order chi connectivity index (χ1) is 52.0. The number of nitrogens with zero attached hydrogens (tertiary/aromatic N) is 5. The van der Waals surface area contributed by atoms with Crippen LogP contribution in [0.5, 0.6) is 0 Å². The first-order valence-corrected chi connectivity index (χ1v) is 42.6. The van der Waals surface area contributed by atoms with Gasteiger partial charge in [-0.05, 0) is 322 Å². The molecule has 554 valence electrons. The van der Waals surface area contributed by atoms with Gasteiger partial charge in [-0.3, -0.25) is 29.5 Å². The summed E-state index contributed by atoms with van der Waals surface area (Å²) in [5, 5.41) is 7.62. The average molecular weight is 1430 g/mol. The van der Waals surface area contributed by atoms with Crippen molar-refractivity contribution in [2.75, 3.05) is 52.6 Å². The maximum Gasteiger partial charge on any atom is 0.136 e. The van der Waals surface area contributed by atoms with Crippen LogP contribution in [0.25, 0.3) is 32.3 Å². The van der Waals surface area contributed by atoms with Gasteiger partial charge in [-0.15, -0.1) is 0 Å². The van der Waals surface area contributed by atoms with E-state index in [4.69, 9.17) is 23.7 Å². The molecule has 6 aromatic rings. The highest BCUT2D eigenvalue weighted by molar-refractivity contribution is 5.85. The van der Waals surface area contributed by atoms with Crippen LogP contribution in [0.3, 0.4) is 0 Å². The summed E-state index contributed by atoms with van der Waals surface area (Å²) in [5.74, 6) is 3.80. The topological polar surface area (TPSA) is 108 Å². The molecule has 3 aromatic heterocycles. The number of hydrogen-bond acceptors (Lipinski definition) is 11. The number of likely N-dealkylation sites (tertiary alicyclic amines) is 2. The van der Waals surface area contributed by atoms with E-state index in [0.717, 1.165) is 52.1 Å². The minimum Gasteiger partial charge on any atom is -0.380 e. The third-order valence-electron chi connectivity index (χ3n) is 34.6. The Balaban J connectivity index is 0.0000000978. The minimum absolute atomic E-state index is 0.0168. The molecule has 11 nitrogen and oxygen atoms in total. The van der Waals surface area contributed by atoms with Crippen LogP contribution in [-0.4, -0.2) is 129 Å². The molecule has 107 heavy (non-hydrogen) atoms. The Bertz CT molecular complexity index is 4730. The van der Waals surface area contributed by atoms with E-state index in [1.165, 1.54) is 226 Å². The fraction of sp³-hybridized carbons (Fsp3) is 0.583. The maximum atomic E-state index is 12.4. The fourth-order valence-corrected chi connectivity index (χ4v) is 29.0. The number of allylic oxidation sites excluding steroid dienone is 3. The molecule has 7 saturated heterocycles. The summed E-state index contributed by atoms with van der Waals surface area (Å²) in [7, 11) is 0. The van der Waals surface area contributed by atoms with Crippen molar-refractivity contribution in [1.82, 2.24) is 24.8 Å². The van der Waals surface area contributed by atoms with E-state index >= 15 is 0 Å². The largest absolute Gasteiger partial charge is 0.380 e. The number of hydrogen-bond donors (Lipinski definition) is 0. The van der Waals surface area contributed by atoms with Crippen molar-refractivity contribution in [3.63, 3.8) is 0 Å². The van der Waals surface area contributed by atoms with Gasteiger partial charge in [0.05, 0.1) is 60.0 Å². The zero-order valence-electron chi connectivity index (χ0n) is 63.7. The molecule has 17 atom stereocenters. The molecule has 0 amide bonds. The number of aromatic nitrogens is 3. The van der Waals surface area contributed by atoms with Crippen LogP contribution in [0.15, 0.2) is 180 Å². The van der Waals surface area contributed by atoms with Gasteiger partial charge in [0.2, 0.25) is 0 Å². The first kappa shape index (κ1) is 66.5. The van der Waals surface area contributed by atoms with Crippen LogP contribution in [0.1, 0.15) is 222 Å². The van der Waals surface area contributed by atoms with E-state index in [0.29, 0.717) is 77.0 Å².